The first-order valence-corrected chi connectivity index (χ1v) is 9.64. The Morgan fingerprint density at radius 2 is 1.79 bits per heavy atom. The summed E-state index contributed by atoms with van der Waals surface area (Å²) < 4.78 is 25.7. The van der Waals surface area contributed by atoms with E-state index in [-0.39, 0.29) is 12.5 Å². The van der Waals surface area contributed by atoms with Gasteiger partial charge in [-0.2, -0.15) is 0 Å². The molecule has 0 saturated heterocycles. The van der Waals surface area contributed by atoms with Crippen LogP contribution >= 0.6 is 0 Å². The number of fused-ring (bicyclic) bond motifs is 1. The van der Waals surface area contributed by atoms with Gasteiger partial charge in [0, 0.05) is 12.2 Å². The zero-order valence-corrected chi connectivity index (χ0v) is 14.6. The quantitative estimate of drug-likeness (QED) is 0.855. The fourth-order valence-corrected chi connectivity index (χ4v) is 3.94. The highest BCUT2D eigenvalue weighted by Gasteiger charge is 2.29. The van der Waals surface area contributed by atoms with Gasteiger partial charge in [0.2, 0.25) is 15.9 Å². The summed E-state index contributed by atoms with van der Waals surface area (Å²) in [5, 5.41) is 0. The topological polar surface area (TPSA) is 57.7 Å². The number of para-hydroxylation sites is 2. The van der Waals surface area contributed by atoms with Gasteiger partial charge in [-0.25, -0.2) is 8.42 Å². The zero-order valence-electron chi connectivity index (χ0n) is 13.8. The molecule has 0 N–H and O–H groups in total. The second-order valence-electron chi connectivity index (χ2n) is 5.98. The molecule has 1 amide bonds. The third-order valence-corrected chi connectivity index (χ3v) is 5.38. The second kappa shape index (κ2) is 6.28. The monoisotopic (exact) mass is 344 g/mol. The number of anilines is 2. The Balaban J connectivity index is 1.90. The first-order chi connectivity index (χ1) is 11.4. The summed E-state index contributed by atoms with van der Waals surface area (Å²) in [5.41, 5.74) is 3.35. The Labute approximate surface area is 142 Å². The van der Waals surface area contributed by atoms with Crippen molar-refractivity contribution in [1.82, 2.24) is 0 Å². The minimum absolute atomic E-state index is 0.196. The molecule has 2 aromatic carbocycles. The number of hydrogen-bond donors (Lipinski definition) is 0. The highest BCUT2D eigenvalue weighted by molar-refractivity contribution is 7.92. The number of sulfonamides is 1. The van der Waals surface area contributed by atoms with E-state index in [1.165, 1.54) is 4.31 Å². The van der Waals surface area contributed by atoms with Crippen LogP contribution in [-0.4, -0.2) is 33.7 Å². The first kappa shape index (κ1) is 16.5. The number of nitrogens with zero attached hydrogens (tertiary/aromatic N) is 2. The molecule has 6 heteroatoms. The summed E-state index contributed by atoms with van der Waals surface area (Å²) >= 11 is 0. The van der Waals surface area contributed by atoms with Gasteiger partial charge in [-0.05, 0) is 36.6 Å². The minimum Gasteiger partial charge on any atom is -0.310 e. The van der Waals surface area contributed by atoms with Crippen molar-refractivity contribution >= 4 is 27.3 Å². The van der Waals surface area contributed by atoms with Gasteiger partial charge < -0.3 is 4.90 Å². The normalized spacial score (nSPS) is 13.7. The SMILES string of the molecule is Cc1ccccc1N(CC(=O)N1CCc2ccccc21)S(C)(=O)=O. The Morgan fingerprint density at radius 3 is 2.50 bits per heavy atom. The molecule has 1 aliphatic rings. The number of aryl methyl sites for hydroxylation is 1. The Hall–Kier alpha value is -2.34. The van der Waals surface area contributed by atoms with Gasteiger partial charge in [0.25, 0.3) is 0 Å². The molecule has 0 fully saturated rings. The minimum atomic E-state index is -3.56. The molecule has 24 heavy (non-hydrogen) atoms. The van der Waals surface area contributed by atoms with Gasteiger partial charge in [0.05, 0.1) is 11.9 Å². The largest absolute Gasteiger partial charge is 0.310 e. The van der Waals surface area contributed by atoms with Crippen molar-refractivity contribution in [2.24, 2.45) is 0 Å². The van der Waals surface area contributed by atoms with Gasteiger partial charge in [-0.3, -0.25) is 9.10 Å². The van der Waals surface area contributed by atoms with Gasteiger partial charge in [-0.1, -0.05) is 36.4 Å². The number of carbonyl (C=O) groups excluding carboxylic acids is 1. The van der Waals surface area contributed by atoms with Gasteiger partial charge in [-0.15, -0.1) is 0 Å². The lowest BCUT2D eigenvalue weighted by atomic mass is 10.2. The lowest BCUT2D eigenvalue weighted by Gasteiger charge is -2.26. The number of rotatable bonds is 4. The first-order valence-electron chi connectivity index (χ1n) is 7.79. The van der Waals surface area contributed by atoms with E-state index in [1.54, 1.807) is 17.0 Å². The molecular weight excluding hydrogens is 324 g/mol. The molecule has 5 nitrogen and oxygen atoms in total. The molecule has 0 bridgehead atoms. The van der Waals surface area contributed by atoms with Crippen molar-refractivity contribution in [3.8, 4) is 0 Å². The third-order valence-electron chi connectivity index (χ3n) is 4.25. The molecule has 3 rings (SSSR count). The van der Waals surface area contributed by atoms with Crippen LogP contribution < -0.4 is 9.21 Å². The van der Waals surface area contributed by atoms with Crippen molar-refractivity contribution in [3.05, 3.63) is 59.7 Å². The lowest BCUT2D eigenvalue weighted by Crippen LogP contribution is -2.42. The molecule has 0 aromatic heterocycles. The van der Waals surface area contributed by atoms with Gasteiger partial charge >= 0.3 is 0 Å². The molecule has 0 atom stereocenters. The Morgan fingerprint density at radius 1 is 1.12 bits per heavy atom. The van der Waals surface area contributed by atoms with Crippen molar-refractivity contribution in [2.45, 2.75) is 13.3 Å². The van der Waals surface area contributed by atoms with E-state index < -0.39 is 10.0 Å². The van der Waals surface area contributed by atoms with E-state index in [0.717, 1.165) is 29.5 Å². The number of amides is 1. The summed E-state index contributed by atoms with van der Waals surface area (Å²) in [6, 6.07) is 14.9. The lowest BCUT2D eigenvalue weighted by molar-refractivity contribution is -0.117. The Kier molecular flexibility index (Phi) is 4.32. The average Bonchev–Trinajstić information content (AvgIpc) is 2.96. The molecule has 2 aromatic rings. The maximum atomic E-state index is 12.8. The summed E-state index contributed by atoms with van der Waals surface area (Å²) in [4.78, 5) is 14.4. The van der Waals surface area contributed by atoms with Crippen molar-refractivity contribution in [3.63, 3.8) is 0 Å². The predicted octanol–water partition coefficient (Wildman–Crippen LogP) is 2.35. The molecular formula is C18H20N2O3S. The molecule has 0 radical (unpaired) electrons. The third kappa shape index (κ3) is 3.14. The standard InChI is InChI=1S/C18H20N2O3S/c1-14-7-3-5-9-16(14)20(24(2,22)23)13-18(21)19-12-11-15-8-4-6-10-17(15)19/h3-10H,11-13H2,1-2H3. The Bertz CT molecular complexity index is 877. The molecule has 0 spiro atoms. The number of benzene rings is 2. The number of carbonyl (C=O) groups is 1. The van der Waals surface area contributed by atoms with Crippen LogP contribution in [-0.2, 0) is 21.2 Å². The van der Waals surface area contributed by atoms with Crippen LogP contribution in [0.3, 0.4) is 0 Å². The van der Waals surface area contributed by atoms with E-state index in [9.17, 15) is 13.2 Å². The average molecular weight is 344 g/mol. The van der Waals surface area contributed by atoms with Gasteiger partial charge in [0.1, 0.15) is 6.54 Å². The maximum Gasteiger partial charge on any atom is 0.247 e. The zero-order chi connectivity index (χ0) is 17.3. The van der Waals surface area contributed by atoms with E-state index in [2.05, 4.69) is 0 Å². The van der Waals surface area contributed by atoms with Gasteiger partial charge in [0.15, 0.2) is 0 Å². The summed E-state index contributed by atoms with van der Waals surface area (Å²) in [5.74, 6) is -0.214. The van der Waals surface area contributed by atoms with Crippen molar-refractivity contribution in [1.29, 1.82) is 0 Å². The fraction of sp³-hybridized carbons (Fsp3) is 0.278. The highest BCUT2D eigenvalue weighted by atomic mass is 32.2. The molecule has 0 unspecified atom stereocenters. The molecule has 1 heterocycles. The van der Waals surface area contributed by atoms with Crippen LogP contribution in [0.2, 0.25) is 0 Å². The van der Waals surface area contributed by atoms with Crippen LogP contribution in [0.5, 0.6) is 0 Å². The van der Waals surface area contributed by atoms with Crippen LogP contribution in [0, 0.1) is 6.92 Å². The molecule has 0 aliphatic carbocycles. The van der Waals surface area contributed by atoms with Crippen molar-refractivity contribution < 1.29 is 13.2 Å². The van der Waals surface area contributed by atoms with E-state index in [0.29, 0.717) is 12.2 Å². The maximum absolute atomic E-state index is 12.8. The van der Waals surface area contributed by atoms with E-state index in [4.69, 9.17) is 0 Å². The van der Waals surface area contributed by atoms with E-state index >= 15 is 0 Å². The van der Waals surface area contributed by atoms with Crippen LogP contribution in [0.4, 0.5) is 11.4 Å². The summed E-state index contributed by atoms with van der Waals surface area (Å²) in [7, 11) is -3.56. The molecule has 126 valence electrons. The predicted molar refractivity (Wildman–Crippen MR) is 95.9 cm³/mol. The van der Waals surface area contributed by atoms with E-state index in [1.807, 2.05) is 43.3 Å². The van der Waals surface area contributed by atoms with Crippen LogP contribution in [0.25, 0.3) is 0 Å². The van der Waals surface area contributed by atoms with Crippen molar-refractivity contribution in [2.75, 3.05) is 28.6 Å². The van der Waals surface area contributed by atoms with Crippen LogP contribution in [0.15, 0.2) is 48.5 Å². The fourth-order valence-electron chi connectivity index (χ4n) is 3.03. The highest BCUT2D eigenvalue weighted by Crippen LogP contribution is 2.28. The number of hydrogen-bond acceptors (Lipinski definition) is 3. The smallest absolute Gasteiger partial charge is 0.247 e. The summed E-state index contributed by atoms with van der Waals surface area (Å²) in [6.07, 6.45) is 1.93. The molecule has 0 saturated carbocycles. The van der Waals surface area contributed by atoms with Crippen LogP contribution in [0.1, 0.15) is 11.1 Å². The molecule has 1 aliphatic heterocycles. The second-order valence-corrected chi connectivity index (χ2v) is 7.89. The summed E-state index contributed by atoms with van der Waals surface area (Å²) in [6.45, 7) is 2.23.